The van der Waals surface area contributed by atoms with E-state index < -0.39 is 38.7 Å². The molecule has 112 valence electrons. The highest BCUT2D eigenvalue weighted by Gasteiger charge is 2.26. The highest BCUT2D eigenvalue weighted by atomic mass is 32.2. The maximum atomic E-state index is 14.0. The first kappa shape index (κ1) is 15.7. The molecule has 1 atom stereocenters. The third kappa shape index (κ3) is 3.30. The molecule has 0 spiro atoms. The lowest BCUT2D eigenvalue weighted by molar-refractivity contribution is 0.267. The zero-order valence-electron chi connectivity index (χ0n) is 10.6. The summed E-state index contributed by atoms with van der Waals surface area (Å²) in [6.07, 6.45) is 1.59. The zero-order chi connectivity index (χ0) is 14.8. The van der Waals surface area contributed by atoms with E-state index in [4.69, 9.17) is 5.11 Å². The van der Waals surface area contributed by atoms with E-state index in [0.29, 0.717) is 12.2 Å². The van der Waals surface area contributed by atoms with Crippen LogP contribution in [0, 0.1) is 11.6 Å². The van der Waals surface area contributed by atoms with Gasteiger partial charge in [0.05, 0.1) is 12.2 Å². The number of benzene rings is 1. The monoisotopic (exact) mass is 323 g/mol. The minimum atomic E-state index is -4.06. The molecule has 1 aromatic carbocycles. The van der Waals surface area contributed by atoms with Gasteiger partial charge in [-0.2, -0.15) is 11.8 Å². The molecule has 8 heteroatoms. The Hall–Kier alpha value is -0.700. The number of thioether (sulfide) groups is 1. The summed E-state index contributed by atoms with van der Waals surface area (Å²) in [7, 11) is -4.06. The van der Waals surface area contributed by atoms with Crippen molar-refractivity contribution < 1.29 is 22.3 Å². The average Bonchev–Trinajstić information content (AvgIpc) is 2.39. The number of nitrogens with one attached hydrogen (secondary N) is 1. The van der Waals surface area contributed by atoms with Crippen LogP contribution in [-0.2, 0) is 16.6 Å². The summed E-state index contributed by atoms with van der Waals surface area (Å²) in [5, 5.41) is 8.91. The molecule has 0 aromatic heterocycles. The Kier molecular flexibility index (Phi) is 5.00. The van der Waals surface area contributed by atoms with Crippen LogP contribution in [0.4, 0.5) is 8.78 Å². The molecule has 0 amide bonds. The molecule has 1 aromatic rings. The number of halogens is 2. The minimum Gasteiger partial charge on any atom is -0.391 e. The standard InChI is InChI=1S/C12H15F2NO3S2/c13-10-3-4-11(12(14)9(10)6-16)20(17,18)15-8-2-1-5-19-7-8/h3-4,8,15-16H,1-2,5-7H2. The Morgan fingerprint density at radius 3 is 2.75 bits per heavy atom. The van der Waals surface area contributed by atoms with Gasteiger partial charge < -0.3 is 5.11 Å². The topological polar surface area (TPSA) is 66.4 Å². The molecule has 1 aliphatic rings. The Labute approximate surface area is 120 Å². The molecule has 0 bridgehead atoms. The second kappa shape index (κ2) is 6.38. The van der Waals surface area contributed by atoms with Gasteiger partial charge in [-0.15, -0.1) is 0 Å². The maximum absolute atomic E-state index is 14.0. The van der Waals surface area contributed by atoms with Crippen molar-refractivity contribution in [2.75, 3.05) is 11.5 Å². The van der Waals surface area contributed by atoms with Gasteiger partial charge in [-0.3, -0.25) is 0 Å². The van der Waals surface area contributed by atoms with E-state index in [-0.39, 0.29) is 6.04 Å². The Morgan fingerprint density at radius 1 is 1.40 bits per heavy atom. The molecule has 1 unspecified atom stereocenters. The van der Waals surface area contributed by atoms with Crippen LogP contribution < -0.4 is 4.72 Å². The van der Waals surface area contributed by atoms with Crippen molar-refractivity contribution in [2.24, 2.45) is 0 Å². The van der Waals surface area contributed by atoms with Gasteiger partial charge in [0.1, 0.15) is 10.7 Å². The summed E-state index contributed by atoms with van der Waals surface area (Å²) >= 11 is 1.63. The average molecular weight is 323 g/mol. The van der Waals surface area contributed by atoms with Gasteiger partial charge in [-0.05, 0) is 30.7 Å². The molecule has 0 radical (unpaired) electrons. The van der Waals surface area contributed by atoms with Gasteiger partial charge in [0.2, 0.25) is 10.0 Å². The molecule has 2 N–H and O–H groups in total. The van der Waals surface area contributed by atoms with Crippen LogP contribution in [0.2, 0.25) is 0 Å². The number of rotatable bonds is 4. The Bertz CT molecular complexity index is 587. The highest BCUT2D eigenvalue weighted by molar-refractivity contribution is 7.99. The lowest BCUT2D eigenvalue weighted by Crippen LogP contribution is -2.38. The molecule has 2 rings (SSSR count). The van der Waals surface area contributed by atoms with Crippen LogP contribution in [0.25, 0.3) is 0 Å². The first-order chi connectivity index (χ1) is 9.45. The van der Waals surface area contributed by atoms with Crippen molar-refractivity contribution in [3.63, 3.8) is 0 Å². The number of hydrogen-bond donors (Lipinski definition) is 2. The van der Waals surface area contributed by atoms with Crippen LogP contribution in [0.5, 0.6) is 0 Å². The van der Waals surface area contributed by atoms with Crippen LogP contribution in [-0.4, -0.2) is 31.1 Å². The molecule has 0 aliphatic carbocycles. The number of aliphatic hydroxyl groups is 1. The lowest BCUT2D eigenvalue weighted by atomic mass is 10.2. The molecular weight excluding hydrogens is 308 g/mol. The predicted octanol–water partition coefficient (Wildman–Crippen LogP) is 1.63. The van der Waals surface area contributed by atoms with Crippen molar-refractivity contribution in [1.29, 1.82) is 0 Å². The van der Waals surface area contributed by atoms with E-state index in [1.807, 2.05) is 0 Å². The molecule has 1 fully saturated rings. The summed E-state index contributed by atoms with van der Waals surface area (Å²) in [6.45, 7) is -0.889. The molecule has 1 heterocycles. The first-order valence-electron chi connectivity index (χ1n) is 6.13. The molecule has 1 aliphatic heterocycles. The molecule has 0 saturated carbocycles. The summed E-state index contributed by atoms with van der Waals surface area (Å²) in [6, 6.07) is 1.47. The van der Waals surface area contributed by atoms with Gasteiger partial charge >= 0.3 is 0 Å². The van der Waals surface area contributed by atoms with E-state index in [0.717, 1.165) is 24.3 Å². The van der Waals surface area contributed by atoms with Gasteiger partial charge in [0.15, 0.2) is 5.82 Å². The van der Waals surface area contributed by atoms with Crippen molar-refractivity contribution in [3.8, 4) is 0 Å². The Morgan fingerprint density at radius 2 is 2.15 bits per heavy atom. The summed E-state index contributed by atoms with van der Waals surface area (Å²) in [4.78, 5) is -0.626. The second-order valence-electron chi connectivity index (χ2n) is 4.53. The molecule has 4 nitrogen and oxygen atoms in total. The SMILES string of the molecule is O=S(=O)(NC1CCCSC1)c1ccc(F)c(CO)c1F. The number of aliphatic hydroxyl groups excluding tert-OH is 1. The van der Waals surface area contributed by atoms with Crippen LogP contribution in [0.1, 0.15) is 18.4 Å². The molecular formula is C12H15F2NO3S2. The van der Waals surface area contributed by atoms with E-state index in [1.165, 1.54) is 0 Å². The fraction of sp³-hybridized carbons (Fsp3) is 0.500. The van der Waals surface area contributed by atoms with E-state index >= 15 is 0 Å². The number of sulfonamides is 1. The quantitative estimate of drug-likeness (QED) is 0.884. The number of hydrogen-bond acceptors (Lipinski definition) is 4. The third-order valence-corrected chi connectivity index (χ3v) is 5.83. The summed E-state index contributed by atoms with van der Waals surface area (Å²) in [5.74, 6) is -0.576. The highest BCUT2D eigenvalue weighted by Crippen LogP contribution is 2.23. The smallest absolute Gasteiger partial charge is 0.243 e. The maximum Gasteiger partial charge on any atom is 0.243 e. The van der Waals surface area contributed by atoms with Gasteiger partial charge in [-0.1, -0.05) is 0 Å². The van der Waals surface area contributed by atoms with Crippen molar-refractivity contribution >= 4 is 21.8 Å². The van der Waals surface area contributed by atoms with Gasteiger partial charge in [-0.25, -0.2) is 21.9 Å². The fourth-order valence-corrected chi connectivity index (χ4v) is 4.60. The zero-order valence-corrected chi connectivity index (χ0v) is 12.2. The first-order valence-corrected chi connectivity index (χ1v) is 8.77. The van der Waals surface area contributed by atoms with E-state index in [1.54, 1.807) is 11.8 Å². The third-order valence-electron chi connectivity index (χ3n) is 3.08. The van der Waals surface area contributed by atoms with E-state index in [2.05, 4.69) is 4.72 Å². The van der Waals surface area contributed by atoms with Crippen molar-refractivity contribution in [3.05, 3.63) is 29.3 Å². The molecule has 1 saturated heterocycles. The second-order valence-corrected chi connectivity index (χ2v) is 7.36. The minimum absolute atomic E-state index is 0.249. The molecule has 20 heavy (non-hydrogen) atoms. The lowest BCUT2D eigenvalue weighted by Gasteiger charge is -2.22. The Balaban J connectivity index is 2.29. The van der Waals surface area contributed by atoms with Crippen LogP contribution in [0.3, 0.4) is 0 Å². The normalized spacial score (nSPS) is 20.1. The van der Waals surface area contributed by atoms with Crippen LogP contribution in [0.15, 0.2) is 17.0 Å². The van der Waals surface area contributed by atoms with E-state index in [9.17, 15) is 17.2 Å². The largest absolute Gasteiger partial charge is 0.391 e. The van der Waals surface area contributed by atoms with Crippen molar-refractivity contribution in [2.45, 2.75) is 30.4 Å². The predicted molar refractivity (Wildman–Crippen MR) is 72.9 cm³/mol. The van der Waals surface area contributed by atoms with Crippen LogP contribution >= 0.6 is 11.8 Å². The summed E-state index contributed by atoms with van der Waals surface area (Å²) in [5.41, 5.74) is -0.633. The van der Waals surface area contributed by atoms with Gasteiger partial charge in [0.25, 0.3) is 0 Å². The summed E-state index contributed by atoms with van der Waals surface area (Å²) < 4.78 is 53.9. The van der Waals surface area contributed by atoms with Crippen molar-refractivity contribution in [1.82, 2.24) is 4.72 Å². The van der Waals surface area contributed by atoms with Gasteiger partial charge in [0, 0.05) is 11.8 Å². The fourth-order valence-electron chi connectivity index (χ4n) is 2.05.